The molecule has 1 aliphatic heterocycles. The maximum atomic E-state index is 12.0. The number of carbonyl (C=O) groups is 1. The van der Waals surface area contributed by atoms with E-state index in [1.165, 1.54) is 0 Å². The van der Waals surface area contributed by atoms with Gasteiger partial charge in [0.15, 0.2) is 0 Å². The van der Waals surface area contributed by atoms with Crippen molar-refractivity contribution < 1.29 is 19.7 Å². The van der Waals surface area contributed by atoms with E-state index in [0.29, 0.717) is 18.3 Å². The highest BCUT2D eigenvalue weighted by Crippen LogP contribution is 2.50. The number of rotatable bonds is 1. The molecule has 2 aliphatic carbocycles. The van der Waals surface area contributed by atoms with E-state index >= 15 is 0 Å². The Balaban J connectivity index is 2.14. The van der Waals surface area contributed by atoms with Crippen LogP contribution in [0.1, 0.15) is 26.7 Å². The van der Waals surface area contributed by atoms with Crippen molar-refractivity contribution in [2.24, 2.45) is 17.8 Å². The largest absolute Gasteiger partial charge is 0.454 e. The summed E-state index contributed by atoms with van der Waals surface area (Å²) in [5.74, 6) is 0.360. The Kier molecular flexibility index (Phi) is 3.02. The van der Waals surface area contributed by atoms with Crippen molar-refractivity contribution in [2.45, 2.75) is 38.9 Å². The van der Waals surface area contributed by atoms with Gasteiger partial charge in [0, 0.05) is 5.92 Å². The van der Waals surface area contributed by atoms with Crippen LogP contribution in [-0.2, 0) is 9.53 Å². The first kappa shape index (κ1) is 12.9. The molecule has 2 N–H and O–H groups in total. The highest BCUT2D eigenvalue weighted by Gasteiger charge is 2.50. The predicted molar refractivity (Wildman–Crippen MR) is 69.1 cm³/mol. The molecule has 0 saturated heterocycles. The third-order valence-corrected chi connectivity index (χ3v) is 4.98. The van der Waals surface area contributed by atoms with Crippen molar-refractivity contribution in [3.8, 4) is 0 Å². The second-order valence-electron chi connectivity index (χ2n) is 6.02. The molecule has 19 heavy (non-hydrogen) atoms. The van der Waals surface area contributed by atoms with Gasteiger partial charge >= 0.3 is 5.97 Å². The van der Waals surface area contributed by atoms with E-state index in [4.69, 9.17) is 4.74 Å². The van der Waals surface area contributed by atoms with Crippen LogP contribution < -0.4 is 0 Å². The van der Waals surface area contributed by atoms with Crippen molar-refractivity contribution in [1.29, 1.82) is 0 Å². The minimum absolute atomic E-state index is 0.0450. The Morgan fingerprint density at radius 2 is 2.21 bits per heavy atom. The second kappa shape index (κ2) is 4.46. The summed E-state index contributed by atoms with van der Waals surface area (Å²) in [7, 11) is 0. The Morgan fingerprint density at radius 3 is 2.89 bits per heavy atom. The molecule has 4 heteroatoms. The molecule has 0 amide bonds. The number of allylic oxidation sites excluding steroid dienone is 1. The van der Waals surface area contributed by atoms with E-state index in [1.807, 2.05) is 6.92 Å². The molecule has 0 aromatic carbocycles. The lowest BCUT2D eigenvalue weighted by atomic mass is 9.60. The third-order valence-electron chi connectivity index (χ3n) is 4.98. The summed E-state index contributed by atoms with van der Waals surface area (Å²) in [4.78, 5) is 12.0. The third kappa shape index (κ3) is 1.77. The minimum Gasteiger partial charge on any atom is -0.454 e. The van der Waals surface area contributed by atoms with Crippen LogP contribution in [0.25, 0.3) is 0 Å². The zero-order valence-corrected chi connectivity index (χ0v) is 11.3. The molecule has 104 valence electrons. The van der Waals surface area contributed by atoms with Gasteiger partial charge in [0.2, 0.25) is 0 Å². The van der Waals surface area contributed by atoms with Crippen LogP contribution >= 0.6 is 0 Å². The molecular weight excluding hydrogens is 244 g/mol. The van der Waals surface area contributed by atoms with E-state index in [2.05, 4.69) is 13.0 Å². The first-order valence-corrected chi connectivity index (χ1v) is 6.94. The number of hydrogen-bond donors (Lipinski definition) is 2. The van der Waals surface area contributed by atoms with Gasteiger partial charge in [0.25, 0.3) is 0 Å². The zero-order chi connectivity index (χ0) is 13.7. The van der Waals surface area contributed by atoms with Gasteiger partial charge in [-0.2, -0.15) is 0 Å². The summed E-state index contributed by atoms with van der Waals surface area (Å²) in [6.45, 7) is 3.77. The van der Waals surface area contributed by atoms with E-state index in [9.17, 15) is 15.0 Å². The highest BCUT2D eigenvalue weighted by molar-refractivity contribution is 5.91. The normalized spacial score (nSPS) is 41.6. The summed E-state index contributed by atoms with van der Waals surface area (Å²) in [5, 5.41) is 19.8. The van der Waals surface area contributed by atoms with E-state index in [1.54, 1.807) is 0 Å². The molecule has 0 aromatic rings. The molecule has 3 rings (SSSR count). The quantitative estimate of drug-likeness (QED) is 0.551. The zero-order valence-electron chi connectivity index (χ0n) is 11.3. The number of esters is 1. The monoisotopic (exact) mass is 264 g/mol. The summed E-state index contributed by atoms with van der Waals surface area (Å²) < 4.78 is 5.50. The Morgan fingerprint density at radius 1 is 1.47 bits per heavy atom. The van der Waals surface area contributed by atoms with Crippen molar-refractivity contribution in [3.63, 3.8) is 0 Å². The maximum Gasteiger partial charge on any atom is 0.337 e. The summed E-state index contributed by atoms with van der Waals surface area (Å²) in [6.07, 6.45) is 2.89. The molecule has 1 fully saturated rings. The molecule has 0 aromatic heterocycles. The number of aliphatic hydroxyl groups excluding tert-OH is 2. The number of carbonyl (C=O) groups excluding carboxylic acids is 1. The van der Waals surface area contributed by atoms with E-state index in [0.717, 1.165) is 17.6 Å². The Labute approximate surface area is 112 Å². The average molecular weight is 264 g/mol. The maximum absolute atomic E-state index is 12.0. The van der Waals surface area contributed by atoms with Gasteiger partial charge in [-0.1, -0.05) is 13.0 Å². The molecule has 0 radical (unpaired) electrons. The van der Waals surface area contributed by atoms with Crippen molar-refractivity contribution in [2.75, 3.05) is 6.61 Å². The lowest BCUT2D eigenvalue weighted by molar-refractivity contribution is -0.151. The van der Waals surface area contributed by atoms with E-state index < -0.39 is 12.1 Å². The van der Waals surface area contributed by atoms with Gasteiger partial charge in [-0.15, -0.1) is 0 Å². The lowest BCUT2D eigenvalue weighted by Gasteiger charge is -2.49. The van der Waals surface area contributed by atoms with Crippen molar-refractivity contribution >= 4 is 5.97 Å². The molecule has 0 spiro atoms. The molecule has 5 atom stereocenters. The fraction of sp³-hybridized carbons (Fsp3) is 0.667. The summed E-state index contributed by atoms with van der Waals surface area (Å²) in [6, 6.07) is 0. The van der Waals surface area contributed by atoms with Gasteiger partial charge in [-0.25, -0.2) is 4.79 Å². The number of hydrogen-bond acceptors (Lipinski definition) is 4. The SMILES string of the molecule is CC1=CCC2C(C)CC(O)C3=C(CO)C(=O)OC1C32. The van der Waals surface area contributed by atoms with Crippen LogP contribution in [0, 0.1) is 17.8 Å². The Hall–Kier alpha value is -1.13. The second-order valence-corrected chi connectivity index (χ2v) is 6.02. The Bertz CT molecular complexity index is 477. The van der Waals surface area contributed by atoms with Gasteiger partial charge in [0.05, 0.1) is 18.3 Å². The van der Waals surface area contributed by atoms with Crippen LogP contribution in [0.3, 0.4) is 0 Å². The molecule has 0 bridgehead atoms. The molecule has 1 saturated carbocycles. The first-order chi connectivity index (χ1) is 9.04. The molecule has 5 unspecified atom stereocenters. The smallest absolute Gasteiger partial charge is 0.337 e. The number of aliphatic hydroxyl groups is 2. The van der Waals surface area contributed by atoms with Gasteiger partial charge < -0.3 is 14.9 Å². The topological polar surface area (TPSA) is 66.8 Å². The van der Waals surface area contributed by atoms with Crippen LogP contribution in [0.4, 0.5) is 0 Å². The molecular formula is C15H20O4. The lowest BCUT2D eigenvalue weighted by Crippen LogP contribution is -2.50. The van der Waals surface area contributed by atoms with Gasteiger partial charge in [-0.05, 0) is 42.7 Å². The summed E-state index contributed by atoms with van der Waals surface area (Å²) >= 11 is 0. The standard InChI is InChI=1S/C15H20O4/c1-7-3-4-9-8(2)5-11(17)12-10(6-16)15(18)19-14(7)13(9)12/h3,8-9,11,13-14,16-17H,4-6H2,1-2H3. The van der Waals surface area contributed by atoms with Crippen molar-refractivity contribution in [3.05, 3.63) is 22.8 Å². The van der Waals surface area contributed by atoms with Crippen molar-refractivity contribution in [1.82, 2.24) is 0 Å². The van der Waals surface area contributed by atoms with Crippen LogP contribution in [0.2, 0.25) is 0 Å². The van der Waals surface area contributed by atoms with Crippen LogP contribution in [-0.4, -0.2) is 35.0 Å². The van der Waals surface area contributed by atoms with Crippen LogP contribution in [0.15, 0.2) is 22.8 Å². The number of ether oxygens (including phenoxy) is 1. The minimum atomic E-state index is -0.625. The average Bonchev–Trinajstić information content (AvgIpc) is 2.37. The molecule has 3 aliphatic rings. The fourth-order valence-corrected chi connectivity index (χ4v) is 3.98. The molecule has 4 nitrogen and oxygen atoms in total. The molecule has 1 heterocycles. The van der Waals surface area contributed by atoms with E-state index in [-0.39, 0.29) is 24.2 Å². The van der Waals surface area contributed by atoms with Crippen LogP contribution in [0.5, 0.6) is 0 Å². The predicted octanol–water partition coefficient (Wildman–Crippen LogP) is 1.18. The fourth-order valence-electron chi connectivity index (χ4n) is 3.98. The highest BCUT2D eigenvalue weighted by atomic mass is 16.5. The van der Waals surface area contributed by atoms with Gasteiger partial charge in [0.1, 0.15) is 6.10 Å². The van der Waals surface area contributed by atoms with Gasteiger partial charge in [-0.3, -0.25) is 0 Å². The summed E-state index contributed by atoms with van der Waals surface area (Å²) in [5.41, 5.74) is 2.07. The first-order valence-electron chi connectivity index (χ1n) is 6.94.